The normalized spacial score (nSPS) is 18.2. The van der Waals surface area contributed by atoms with Gasteiger partial charge in [0.2, 0.25) is 5.91 Å². The van der Waals surface area contributed by atoms with Gasteiger partial charge in [0.1, 0.15) is 4.99 Å². The Kier molecular flexibility index (Phi) is 4.66. The first-order chi connectivity index (χ1) is 9.11. The molecule has 1 aliphatic heterocycles. The topological polar surface area (TPSA) is 67.1 Å². The monoisotopic (exact) mass is 295 g/mol. The van der Waals surface area contributed by atoms with Crippen molar-refractivity contribution in [2.75, 3.05) is 17.6 Å². The molecule has 1 aromatic carbocycles. The number of nitrogens with one attached hydrogen (secondary N) is 2. The molecule has 0 radical (unpaired) electrons. The first-order valence-corrected chi connectivity index (χ1v) is 7.60. The highest BCUT2D eigenvalue weighted by Crippen LogP contribution is 2.29. The molecule has 1 atom stereocenters. The molecule has 0 aromatic heterocycles. The van der Waals surface area contributed by atoms with Gasteiger partial charge < -0.3 is 16.4 Å². The van der Waals surface area contributed by atoms with Crippen molar-refractivity contribution in [1.82, 2.24) is 5.32 Å². The van der Waals surface area contributed by atoms with Crippen LogP contribution < -0.4 is 16.4 Å². The summed E-state index contributed by atoms with van der Waals surface area (Å²) in [6, 6.07) is 6.05. The van der Waals surface area contributed by atoms with E-state index >= 15 is 0 Å². The number of rotatable bonds is 5. The molecule has 1 aliphatic rings. The van der Waals surface area contributed by atoms with Crippen molar-refractivity contribution >= 4 is 40.6 Å². The molecular formula is C13H17N3OS2. The Morgan fingerprint density at radius 3 is 3.00 bits per heavy atom. The molecule has 1 amide bonds. The van der Waals surface area contributed by atoms with Gasteiger partial charge in [0.15, 0.2) is 0 Å². The smallest absolute Gasteiger partial charge is 0.222 e. The number of carbonyl (C=O) groups is 1. The number of benzene rings is 1. The third-order valence-electron chi connectivity index (χ3n) is 2.91. The molecule has 1 unspecified atom stereocenters. The second kappa shape index (κ2) is 6.25. The van der Waals surface area contributed by atoms with Crippen LogP contribution in [0.1, 0.15) is 18.9 Å². The van der Waals surface area contributed by atoms with Crippen molar-refractivity contribution in [2.24, 2.45) is 5.73 Å². The first kappa shape index (κ1) is 14.1. The number of hydrogen-bond donors (Lipinski definition) is 3. The van der Waals surface area contributed by atoms with Gasteiger partial charge in [0.25, 0.3) is 0 Å². The Morgan fingerprint density at radius 1 is 1.63 bits per heavy atom. The van der Waals surface area contributed by atoms with Crippen LogP contribution in [-0.4, -0.2) is 29.2 Å². The average Bonchev–Trinajstić information content (AvgIpc) is 2.75. The Hall–Kier alpha value is -1.27. The van der Waals surface area contributed by atoms with Crippen LogP contribution in [0.15, 0.2) is 23.1 Å². The molecule has 1 aromatic rings. The van der Waals surface area contributed by atoms with Crippen molar-refractivity contribution in [3.63, 3.8) is 0 Å². The Morgan fingerprint density at radius 2 is 2.42 bits per heavy atom. The summed E-state index contributed by atoms with van der Waals surface area (Å²) < 4.78 is 0. The van der Waals surface area contributed by atoms with Crippen LogP contribution in [0, 0.1) is 0 Å². The predicted molar refractivity (Wildman–Crippen MR) is 83.8 cm³/mol. The fourth-order valence-corrected chi connectivity index (χ4v) is 3.24. The summed E-state index contributed by atoms with van der Waals surface area (Å²) in [5.41, 5.74) is 7.63. The molecule has 0 spiro atoms. The van der Waals surface area contributed by atoms with Crippen LogP contribution in [0.5, 0.6) is 0 Å². The Labute approximate surface area is 122 Å². The van der Waals surface area contributed by atoms with Crippen molar-refractivity contribution in [3.8, 4) is 0 Å². The van der Waals surface area contributed by atoms with Crippen molar-refractivity contribution < 1.29 is 4.79 Å². The number of carbonyl (C=O) groups excluding carboxylic acids is 1. The van der Waals surface area contributed by atoms with E-state index in [1.165, 1.54) is 0 Å². The Bertz CT molecular complexity index is 505. The van der Waals surface area contributed by atoms with E-state index in [1.807, 2.05) is 18.2 Å². The second-order valence-corrected chi connectivity index (χ2v) is 6.07. The Balaban J connectivity index is 2.26. The fourth-order valence-electron chi connectivity index (χ4n) is 2.11. The number of hydrogen-bond acceptors (Lipinski definition) is 4. The van der Waals surface area contributed by atoms with Gasteiger partial charge in [0.05, 0.1) is 6.04 Å². The number of thioether (sulfide) groups is 1. The number of amides is 1. The van der Waals surface area contributed by atoms with Gasteiger partial charge in [-0.1, -0.05) is 25.2 Å². The molecule has 19 heavy (non-hydrogen) atoms. The zero-order valence-electron chi connectivity index (χ0n) is 10.7. The molecule has 1 saturated heterocycles. The third kappa shape index (κ3) is 3.39. The van der Waals surface area contributed by atoms with E-state index in [4.69, 9.17) is 18.0 Å². The van der Waals surface area contributed by atoms with Gasteiger partial charge in [-0.05, 0) is 17.9 Å². The lowest BCUT2D eigenvalue weighted by atomic mass is 10.1. The number of nitrogens with two attached hydrogens (primary N) is 1. The number of anilines is 1. The quantitative estimate of drug-likeness (QED) is 0.570. The summed E-state index contributed by atoms with van der Waals surface area (Å²) in [5, 5.41) is 6.16. The average molecular weight is 295 g/mol. The van der Waals surface area contributed by atoms with E-state index in [0.717, 1.165) is 21.9 Å². The lowest BCUT2D eigenvalue weighted by Gasteiger charge is -2.18. The van der Waals surface area contributed by atoms with Crippen molar-refractivity contribution in [1.29, 1.82) is 0 Å². The first-order valence-electron chi connectivity index (χ1n) is 6.20. The molecule has 6 heteroatoms. The maximum atomic E-state index is 11.2. The van der Waals surface area contributed by atoms with Crippen molar-refractivity contribution in [3.05, 3.63) is 23.8 Å². The van der Waals surface area contributed by atoms with Crippen molar-refractivity contribution in [2.45, 2.75) is 24.3 Å². The van der Waals surface area contributed by atoms with Crippen LogP contribution in [0.25, 0.3) is 0 Å². The zero-order chi connectivity index (χ0) is 13.8. The lowest BCUT2D eigenvalue weighted by Crippen LogP contribution is -2.24. The van der Waals surface area contributed by atoms with Gasteiger partial charge in [-0.15, -0.1) is 11.8 Å². The van der Waals surface area contributed by atoms with E-state index in [2.05, 4.69) is 17.6 Å². The lowest BCUT2D eigenvalue weighted by molar-refractivity contribution is -0.119. The van der Waals surface area contributed by atoms with Gasteiger partial charge in [-0.25, -0.2) is 0 Å². The summed E-state index contributed by atoms with van der Waals surface area (Å²) in [6.45, 7) is 2.73. The van der Waals surface area contributed by atoms with Crippen LogP contribution in [0.3, 0.4) is 0 Å². The van der Waals surface area contributed by atoms with Crippen LogP contribution in [-0.2, 0) is 4.79 Å². The van der Waals surface area contributed by atoms with E-state index in [-0.39, 0.29) is 11.9 Å². The molecule has 2 rings (SSSR count). The van der Waals surface area contributed by atoms with Gasteiger partial charge in [-0.2, -0.15) is 0 Å². The van der Waals surface area contributed by atoms with E-state index in [0.29, 0.717) is 18.0 Å². The maximum absolute atomic E-state index is 11.2. The molecule has 0 bridgehead atoms. The van der Waals surface area contributed by atoms with Crippen LogP contribution in [0.2, 0.25) is 0 Å². The minimum Gasteiger partial charge on any atom is -0.389 e. The third-order valence-corrected chi connectivity index (χ3v) is 4.05. The highest BCUT2D eigenvalue weighted by atomic mass is 32.2. The van der Waals surface area contributed by atoms with E-state index in [9.17, 15) is 4.79 Å². The molecule has 102 valence electrons. The second-order valence-electron chi connectivity index (χ2n) is 4.33. The SMILES string of the molecule is CCSc1cccc(NC2CNC(=O)C2)c1C(N)=S. The molecule has 0 saturated carbocycles. The van der Waals surface area contributed by atoms with Gasteiger partial charge in [-0.3, -0.25) is 4.79 Å². The molecule has 1 heterocycles. The summed E-state index contributed by atoms with van der Waals surface area (Å²) in [5.74, 6) is 1.04. The molecule has 4 nitrogen and oxygen atoms in total. The molecular weight excluding hydrogens is 278 g/mol. The minimum absolute atomic E-state index is 0.0773. The minimum atomic E-state index is 0.0773. The largest absolute Gasteiger partial charge is 0.389 e. The highest BCUT2D eigenvalue weighted by Gasteiger charge is 2.22. The molecule has 4 N–H and O–H groups in total. The van der Waals surface area contributed by atoms with Gasteiger partial charge in [0, 0.05) is 29.1 Å². The maximum Gasteiger partial charge on any atom is 0.222 e. The fraction of sp³-hybridized carbons (Fsp3) is 0.385. The predicted octanol–water partition coefficient (Wildman–Crippen LogP) is 1.73. The van der Waals surface area contributed by atoms with Crippen LogP contribution >= 0.6 is 24.0 Å². The van der Waals surface area contributed by atoms with Crippen LogP contribution in [0.4, 0.5) is 5.69 Å². The highest BCUT2D eigenvalue weighted by molar-refractivity contribution is 7.99. The van der Waals surface area contributed by atoms with E-state index in [1.54, 1.807) is 11.8 Å². The van der Waals surface area contributed by atoms with E-state index < -0.39 is 0 Å². The van der Waals surface area contributed by atoms with Gasteiger partial charge >= 0.3 is 0 Å². The summed E-state index contributed by atoms with van der Waals surface area (Å²) in [6.07, 6.45) is 0.488. The molecule has 1 fully saturated rings. The zero-order valence-corrected chi connectivity index (χ0v) is 12.4. The number of thiocarbonyl (C=S) groups is 1. The summed E-state index contributed by atoms with van der Waals surface area (Å²) >= 11 is 6.87. The standard InChI is InChI=1S/C13H17N3OS2/c1-2-19-10-5-3-4-9(12(10)13(14)18)16-8-6-11(17)15-7-8/h3-5,8,16H,2,6-7H2,1H3,(H2,14,18)(H,15,17). The summed E-state index contributed by atoms with van der Waals surface area (Å²) in [4.78, 5) is 12.7. The molecule has 0 aliphatic carbocycles. The summed E-state index contributed by atoms with van der Waals surface area (Å²) in [7, 11) is 0.